The predicted octanol–water partition coefficient (Wildman–Crippen LogP) is 3.75. The molecule has 0 aliphatic carbocycles. The monoisotopic (exact) mass is 330 g/mol. The van der Waals surface area contributed by atoms with Gasteiger partial charge >= 0.3 is 0 Å². The molecule has 0 heterocycles. The fourth-order valence-corrected chi connectivity index (χ4v) is 3.04. The average Bonchev–Trinajstić information content (AvgIpc) is 2.53. The van der Waals surface area contributed by atoms with E-state index in [1.807, 2.05) is 60.7 Å². The molecule has 114 valence electrons. The second-order valence-electron chi connectivity index (χ2n) is 4.27. The molecule has 6 heteroatoms. The van der Waals surface area contributed by atoms with Gasteiger partial charge in [-0.25, -0.2) is 9.98 Å². The third-order valence-corrected chi connectivity index (χ3v) is 4.42. The van der Waals surface area contributed by atoms with E-state index in [2.05, 4.69) is 9.98 Å². The van der Waals surface area contributed by atoms with Crippen LogP contribution < -0.4 is 11.5 Å². The van der Waals surface area contributed by atoms with Crippen molar-refractivity contribution in [1.29, 1.82) is 0 Å². The molecule has 0 amide bonds. The highest BCUT2D eigenvalue weighted by Gasteiger charge is 1.98. The molecular formula is C16H18N4S2. The molecule has 0 fully saturated rings. The van der Waals surface area contributed by atoms with Crippen molar-refractivity contribution in [3.63, 3.8) is 0 Å². The Balaban J connectivity index is 1.73. The summed E-state index contributed by atoms with van der Waals surface area (Å²) >= 11 is 3.03. The highest BCUT2D eigenvalue weighted by Crippen LogP contribution is 2.15. The summed E-state index contributed by atoms with van der Waals surface area (Å²) in [5.41, 5.74) is 13.5. The van der Waals surface area contributed by atoms with Crippen molar-refractivity contribution in [2.45, 2.75) is 0 Å². The van der Waals surface area contributed by atoms with Gasteiger partial charge in [0.05, 0.1) is 11.4 Å². The summed E-state index contributed by atoms with van der Waals surface area (Å²) < 4.78 is 0. The number of nitrogens with two attached hydrogens (primary N) is 2. The summed E-state index contributed by atoms with van der Waals surface area (Å²) in [4.78, 5) is 8.66. The molecule has 0 aromatic heterocycles. The van der Waals surface area contributed by atoms with Crippen molar-refractivity contribution in [2.75, 3.05) is 11.5 Å². The molecule has 22 heavy (non-hydrogen) atoms. The Morgan fingerprint density at radius 3 is 1.41 bits per heavy atom. The van der Waals surface area contributed by atoms with Gasteiger partial charge in [-0.15, -0.1) is 0 Å². The van der Waals surface area contributed by atoms with Crippen LogP contribution in [0, 0.1) is 0 Å². The summed E-state index contributed by atoms with van der Waals surface area (Å²) in [6.07, 6.45) is 0. The summed E-state index contributed by atoms with van der Waals surface area (Å²) in [6.45, 7) is 0. The largest absolute Gasteiger partial charge is 0.378 e. The van der Waals surface area contributed by atoms with Crippen molar-refractivity contribution in [3.05, 3.63) is 60.7 Å². The van der Waals surface area contributed by atoms with Gasteiger partial charge < -0.3 is 11.5 Å². The quantitative estimate of drug-likeness (QED) is 0.497. The number of hydrogen-bond acceptors (Lipinski definition) is 4. The summed E-state index contributed by atoms with van der Waals surface area (Å²) in [7, 11) is 0. The highest BCUT2D eigenvalue weighted by molar-refractivity contribution is 8.17. The Labute approximate surface area is 139 Å². The second-order valence-corrected chi connectivity index (χ2v) is 6.50. The van der Waals surface area contributed by atoms with E-state index >= 15 is 0 Å². The third-order valence-electron chi connectivity index (χ3n) is 2.57. The number of benzene rings is 2. The lowest BCUT2D eigenvalue weighted by atomic mass is 10.3. The molecule has 0 unspecified atom stereocenters. The van der Waals surface area contributed by atoms with Crippen LogP contribution in [-0.2, 0) is 0 Å². The number of para-hydroxylation sites is 2. The average molecular weight is 330 g/mol. The van der Waals surface area contributed by atoms with Crippen LogP contribution in [0.5, 0.6) is 0 Å². The number of rotatable bonds is 5. The van der Waals surface area contributed by atoms with Crippen molar-refractivity contribution in [3.8, 4) is 0 Å². The first-order valence-electron chi connectivity index (χ1n) is 6.78. The molecule has 0 atom stereocenters. The zero-order valence-corrected chi connectivity index (χ0v) is 13.7. The van der Waals surface area contributed by atoms with Crippen molar-refractivity contribution in [1.82, 2.24) is 0 Å². The van der Waals surface area contributed by atoms with Crippen molar-refractivity contribution < 1.29 is 0 Å². The molecule has 4 nitrogen and oxygen atoms in total. The lowest BCUT2D eigenvalue weighted by Gasteiger charge is -2.02. The molecule has 2 aromatic rings. The van der Waals surface area contributed by atoms with Crippen LogP contribution in [0.3, 0.4) is 0 Å². The van der Waals surface area contributed by atoms with E-state index in [1.165, 1.54) is 23.5 Å². The molecule has 0 radical (unpaired) electrons. The van der Waals surface area contributed by atoms with Gasteiger partial charge in [0.15, 0.2) is 10.3 Å². The van der Waals surface area contributed by atoms with Crippen LogP contribution in [0.25, 0.3) is 0 Å². The minimum absolute atomic E-state index is 0.561. The minimum atomic E-state index is 0.561. The van der Waals surface area contributed by atoms with E-state index in [4.69, 9.17) is 11.5 Å². The molecule has 2 aromatic carbocycles. The maximum Gasteiger partial charge on any atom is 0.159 e. The van der Waals surface area contributed by atoms with Gasteiger partial charge in [0.2, 0.25) is 0 Å². The predicted molar refractivity (Wildman–Crippen MR) is 100 cm³/mol. The van der Waals surface area contributed by atoms with Crippen molar-refractivity contribution >= 4 is 45.2 Å². The minimum Gasteiger partial charge on any atom is -0.378 e. The number of amidine groups is 2. The molecule has 4 N–H and O–H groups in total. The van der Waals surface area contributed by atoms with Gasteiger partial charge in [0.25, 0.3) is 0 Å². The Kier molecular flexibility index (Phi) is 6.86. The van der Waals surface area contributed by atoms with Crippen LogP contribution in [-0.4, -0.2) is 21.8 Å². The van der Waals surface area contributed by atoms with E-state index < -0.39 is 0 Å². The standard InChI is InChI=1S/C16H18N4S2/c17-15(19-13-7-3-1-4-8-13)21-11-12-22-16(18)20-14-9-5-2-6-10-14/h1-10H,11-12H2,(H2,17,19)(H2,18,20). The Morgan fingerprint density at radius 2 is 1.05 bits per heavy atom. The van der Waals surface area contributed by atoms with Gasteiger partial charge in [0, 0.05) is 11.5 Å². The first-order valence-corrected chi connectivity index (χ1v) is 8.75. The van der Waals surface area contributed by atoms with E-state index in [9.17, 15) is 0 Å². The first-order chi connectivity index (χ1) is 10.7. The van der Waals surface area contributed by atoms with Gasteiger partial charge in [-0.1, -0.05) is 59.9 Å². The van der Waals surface area contributed by atoms with Crippen molar-refractivity contribution in [2.24, 2.45) is 21.5 Å². The van der Waals surface area contributed by atoms with Crippen LogP contribution in [0.1, 0.15) is 0 Å². The van der Waals surface area contributed by atoms with Crippen LogP contribution in [0.15, 0.2) is 70.6 Å². The summed E-state index contributed by atoms with van der Waals surface area (Å²) in [6, 6.07) is 19.3. The lowest BCUT2D eigenvalue weighted by molar-refractivity contribution is 1.49. The van der Waals surface area contributed by atoms with Gasteiger partial charge in [-0.2, -0.15) is 0 Å². The molecule has 0 spiro atoms. The van der Waals surface area contributed by atoms with Gasteiger partial charge in [0.1, 0.15) is 0 Å². The molecule has 0 aliphatic heterocycles. The number of aliphatic imine (C=N–C) groups is 2. The normalized spacial score (nSPS) is 12.4. The summed E-state index contributed by atoms with van der Waals surface area (Å²) in [5.74, 6) is 1.66. The molecule has 0 bridgehead atoms. The smallest absolute Gasteiger partial charge is 0.159 e. The Hall–Kier alpha value is -1.92. The fourth-order valence-electron chi connectivity index (χ4n) is 1.62. The topological polar surface area (TPSA) is 76.8 Å². The van der Waals surface area contributed by atoms with Crippen LogP contribution in [0.4, 0.5) is 11.4 Å². The van der Waals surface area contributed by atoms with E-state index in [0.29, 0.717) is 10.3 Å². The van der Waals surface area contributed by atoms with Crippen LogP contribution in [0.2, 0.25) is 0 Å². The van der Waals surface area contributed by atoms with Gasteiger partial charge in [-0.05, 0) is 24.3 Å². The van der Waals surface area contributed by atoms with E-state index in [0.717, 1.165) is 22.9 Å². The SMILES string of the molecule is NC(=Nc1ccccc1)SCCSC(N)=Nc1ccccc1. The number of hydrogen-bond donors (Lipinski definition) is 2. The molecule has 0 saturated heterocycles. The number of nitrogens with zero attached hydrogens (tertiary/aromatic N) is 2. The molecule has 0 saturated carbocycles. The summed E-state index contributed by atoms with van der Waals surface area (Å²) in [5, 5.41) is 1.12. The maximum absolute atomic E-state index is 5.89. The van der Waals surface area contributed by atoms with Gasteiger partial charge in [-0.3, -0.25) is 0 Å². The second kappa shape index (κ2) is 9.17. The fraction of sp³-hybridized carbons (Fsp3) is 0.125. The number of thioether (sulfide) groups is 2. The Morgan fingerprint density at radius 1 is 0.682 bits per heavy atom. The first kappa shape index (κ1) is 16.5. The van der Waals surface area contributed by atoms with E-state index in [1.54, 1.807) is 0 Å². The lowest BCUT2D eigenvalue weighted by Crippen LogP contribution is -2.10. The molecular weight excluding hydrogens is 312 g/mol. The van der Waals surface area contributed by atoms with E-state index in [-0.39, 0.29) is 0 Å². The zero-order valence-electron chi connectivity index (χ0n) is 12.1. The third kappa shape index (κ3) is 6.24. The molecule has 0 aliphatic rings. The Bertz CT molecular complexity index is 570. The maximum atomic E-state index is 5.89. The zero-order chi connectivity index (χ0) is 15.6. The highest BCUT2D eigenvalue weighted by atomic mass is 32.2. The molecule has 2 rings (SSSR count). The van der Waals surface area contributed by atoms with Crippen LogP contribution >= 0.6 is 23.5 Å².